The number of hydrogen-bond donors (Lipinski definition) is 0. The van der Waals surface area contributed by atoms with Crippen molar-refractivity contribution < 1.29 is 0 Å². The van der Waals surface area contributed by atoms with E-state index in [1.807, 2.05) is 20.8 Å². The van der Waals surface area contributed by atoms with Gasteiger partial charge in [0.15, 0.2) is 0 Å². The molecule has 90 valence electrons. The average Bonchev–Trinajstić information content (AvgIpc) is 2.71. The van der Waals surface area contributed by atoms with E-state index in [9.17, 15) is 0 Å². The van der Waals surface area contributed by atoms with Gasteiger partial charge in [-0.25, -0.2) is 9.97 Å². The first-order valence-electron chi connectivity index (χ1n) is 5.81. The molecule has 0 fully saturated rings. The lowest BCUT2D eigenvalue weighted by Gasteiger charge is -2.05. The fourth-order valence-corrected chi connectivity index (χ4v) is 2.81. The molecule has 0 bridgehead atoms. The van der Waals surface area contributed by atoms with Crippen LogP contribution in [0.25, 0.3) is 21.5 Å². The summed E-state index contributed by atoms with van der Waals surface area (Å²) in [4.78, 5) is 13.5. The van der Waals surface area contributed by atoms with Crippen molar-refractivity contribution in [3.63, 3.8) is 0 Å². The molecule has 4 heteroatoms. The Morgan fingerprint density at radius 1 is 1.06 bits per heavy atom. The van der Waals surface area contributed by atoms with Crippen molar-refractivity contribution in [2.75, 3.05) is 0 Å². The number of nitrogens with zero attached hydrogens (tertiary/aromatic N) is 3. The average molecular weight is 255 g/mol. The lowest BCUT2D eigenvalue weighted by atomic mass is 10.1. The highest BCUT2D eigenvalue weighted by molar-refractivity contribution is 7.18. The van der Waals surface area contributed by atoms with Gasteiger partial charge in [0.05, 0.1) is 32.3 Å². The van der Waals surface area contributed by atoms with Crippen LogP contribution in [0, 0.1) is 20.8 Å². The van der Waals surface area contributed by atoms with E-state index in [1.54, 1.807) is 17.5 Å². The van der Waals surface area contributed by atoms with Crippen molar-refractivity contribution in [1.82, 2.24) is 15.0 Å². The second-order valence-electron chi connectivity index (χ2n) is 4.36. The Bertz CT molecular complexity index is 731. The van der Waals surface area contributed by atoms with Crippen molar-refractivity contribution in [1.29, 1.82) is 0 Å². The molecule has 0 N–H and O–H groups in total. The zero-order valence-corrected chi connectivity index (χ0v) is 11.4. The second-order valence-corrected chi connectivity index (χ2v) is 5.60. The minimum atomic E-state index is 0.935. The summed E-state index contributed by atoms with van der Waals surface area (Å²) >= 11 is 1.72. The van der Waals surface area contributed by atoms with E-state index < -0.39 is 0 Å². The largest absolute Gasteiger partial charge is 0.257 e. The Morgan fingerprint density at radius 3 is 2.72 bits per heavy atom. The third kappa shape index (κ3) is 1.88. The Balaban J connectivity index is 2.21. The first kappa shape index (κ1) is 11.3. The SMILES string of the molecule is Cc1cnc(C)c(-c2ccc3sc(C)nc3c2)n1. The van der Waals surface area contributed by atoms with Crippen molar-refractivity contribution in [3.05, 3.63) is 40.8 Å². The number of fused-ring (bicyclic) bond motifs is 1. The highest BCUT2D eigenvalue weighted by atomic mass is 32.1. The molecule has 3 rings (SSSR count). The van der Waals surface area contributed by atoms with Gasteiger partial charge in [-0.05, 0) is 32.9 Å². The van der Waals surface area contributed by atoms with Crippen LogP contribution < -0.4 is 0 Å². The molecule has 0 atom stereocenters. The van der Waals surface area contributed by atoms with E-state index in [1.165, 1.54) is 4.70 Å². The van der Waals surface area contributed by atoms with Gasteiger partial charge in [-0.2, -0.15) is 0 Å². The van der Waals surface area contributed by atoms with E-state index in [-0.39, 0.29) is 0 Å². The molecular formula is C14H13N3S. The van der Waals surface area contributed by atoms with Crippen LogP contribution in [0.3, 0.4) is 0 Å². The Hall–Kier alpha value is -1.81. The molecule has 3 aromatic rings. The zero-order chi connectivity index (χ0) is 12.7. The van der Waals surface area contributed by atoms with Crippen LogP contribution in [0.5, 0.6) is 0 Å². The molecule has 0 aliphatic heterocycles. The lowest BCUT2D eigenvalue weighted by Crippen LogP contribution is -1.94. The molecule has 1 aromatic carbocycles. The summed E-state index contributed by atoms with van der Waals surface area (Å²) in [5, 5.41) is 1.09. The Morgan fingerprint density at radius 2 is 1.89 bits per heavy atom. The minimum Gasteiger partial charge on any atom is -0.257 e. The Labute approximate surface area is 110 Å². The molecule has 0 amide bonds. The maximum Gasteiger partial charge on any atom is 0.0918 e. The van der Waals surface area contributed by atoms with Crippen molar-refractivity contribution >= 4 is 21.6 Å². The second kappa shape index (κ2) is 4.14. The summed E-state index contributed by atoms with van der Waals surface area (Å²) < 4.78 is 1.22. The predicted molar refractivity (Wildman–Crippen MR) is 74.9 cm³/mol. The van der Waals surface area contributed by atoms with Crippen LogP contribution >= 0.6 is 11.3 Å². The van der Waals surface area contributed by atoms with Crippen LogP contribution in [0.4, 0.5) is 0 Å². The highest BCUT2D eigenvalue weighted by Gasteiger charge is 2.08. The number of thiazole rings is 1. The number of aryl methyl sites for hydroxylation is 3. The summed E-state index contributed by atoms with van der Waals surface area (Å²) in [5.41, 5.74) is 4.96. The van der Waals surface area contributed by atoms with Crippen LogP contribution in [-0.2, 0) is 0 Å². The summed E-state index contributed by atoms with van der Waals surface area (Å²) in [6, 6.07) is 6.30. The molecule has 0 saturated carbocycles. The lowest BCUT2D eigenvalue weighted by molar-refractivity contribution is 1.07. The molecular weight excluding hydrogens is 242 g/mol. The predicted octanol–water partition coefficient (Wildman–Crippen LogP) is 3.68. The molecule has 0 aliphatic carbocycles. The van der Waals surface area contributed by atoms with Gasteiger partial charge in [0.2, 0.25) is 0 Å². The summed E-state index contributed by atoms with van der Waals surface area (Å²) in [7, 11) is 0. The number of benzene rings is 1. The molecule has 0 aliphatic rings. The highest BCUT2D eigenvalue weighted by Crippen LogP contribution is 2.27. The summed E-state index contributed by atoms with van der Waals surface area (Å²) in [6.07, 6.45) is 1.80. The molecule has 2 heterocycles. The third-order valence-corrected chi connectivity index (χ3v) is 3.80. The van der Waals surface area contributed by atoms with E-state index in [4.69, 9.17) is 0 Å². The number of hydrogen-bond acceptors (Lipinski definition) is 4. The van der Waals surface area contributed by atoms with Gasteiger partial charge < -0.3 is 0 Å². The topological polar surface area (TPSA) is 38.7 Å². The standard InChI is InChI=1S/C14H13N3S/c1-8-7-15-9(2)14(16-8)11-4-5-13-12(6-11)17-10(3)18-13/h4-7H,1-3H3. The summed E-state index contributed by atoms with van der Waals surface area (Å²) in [5.74, 6) is 0. The van der Waals surface area contributed by atoms with Gasteiger partial charge >= 0.3 is 0 Å². The van der Waals surface area contributed by atoms with Gasteiger partial charge in [0.1, 0.15) is 0 Å². The first-order chi connectivity index (χ1) is 8.63. The zero-order valence-electron chi connectivity index (χ0n) is 10.6. The van der Waals surface area contributed by atoms with E-state index in [0.29, 0.717) is 0 Å². The van der Waals surface area contributed by atoms with Gasteiger partial charge in [0.25, 0.3) is 0 Å². The van der Waals surface area contributed by atoms with Crippen molar-refractivity contribution in [3.8, 4) is 11.3 Å². The molecule has 2 aromatic heterocycles. The van der Waals surface area contributed by atoms with E-state index >= 15 is 0 Å². The normalized spacial score (nSPS) is 11.1. The van der Waals surface area contributed by atoms with E-state index in [0.717, 1.165) is 33.2 Å². The van der Waals surface area contributed by atoms with Crippen LogP contribution in [0.15, 0.2) is 24.4 Å². The number of aromatic nitrogens is 3. The molecule has 0 spiro atoms. The van der Waals surface area contributed by atoms with Gasteiger partial charge in [0, 0.05) is 11.8 Å². The van der Waals surface area contributed by atoms with Gasteiger partial charge in [-0.3, -0.25) is 4.98 Å². The molecule has 0 saturated heterocycles. The summed E-state index contributed by atoms with van der Waals surface area (Å²) in [6.45, 7) is 5.97. The van der Waals surface area contributed by atoms with Crippen LogP contribution in [0.1, 0.15) is 16.4 Å². The smallest absolute Gasteiger partial charge is 0.0918 e. The fraction of sp³-hybridized carbons (Fsp3) is 0.214. The number of rotatable bonds is 1. The Kier molecular flexibility index (Phi) is 2.59. The third-order valence-electron chi connectivity index (χ3n) is 2.84. The van der Waals surface area contributed by atoms with Crippen LogP contribution in [0.2, 0.25) is 0 Å². The quantitative estimate of drug-likeness (QED) is 0.666. The molecule has 0 unspecified atom stereocenters. The fourth-order valence-electron chi connectivity index (χ4n) is 2.00. The van der Waals surface area contributed by atoms with Gasteiger partial charge in [-0.1, -0.05) is 6.07 Å². The van der Waals surface area contributed by atoms with Gasteiger partial charge in [-0.15, -0.1) is 11.3 Å². The maximum absolute atomic E-state index is 4.57. The van der Waals surface area contributed by atoms with Crippen molar-refractivity contribution in [2.24, 2.45) is 0 Å². The molecule has 3 nitrogen and oxygen atoms in total. The monoisotopic (exact) mass is 255 g/mol. The maximum atomic E-state index is 4.57. The molecule has 18 heavy (non-hydrogen) atoms. The minimum absolute atomic E-state index is 0.935. The van der Waals surface area contributed by atoms with E-state index in [2.05, 4.69) is 33.2 Å². The first-order valence-corrected chi connectivity index (χ1v) is 6.63. The van der Waals surface area contributed by atoms with Crippen LogP contribution in [-0.4, -0.2) is 15.0 Å². The molecule has 0 radical (unpaired) electrons. The van der Waals surface area contributed by atoms with Crippen molar-refractivity contribution in [2.45, 2.75) is 20.8 Å².